The number of hydrogen-bond donors (Lipinski definition) is 1. The number of para-hydroxylation sites is 1. The van der Waals surface area contributed by atoms with Crippen molar-refractivity contribution in [1.82, 2.24) is 20.1 Å². The van der Waals surface area contributed by atoms with E-state index in [4.69, 9.17) is 4.98 Å². The highest BCUT2D eigenvalue weighted by Gasteiger charge is 2.31. The van der Waals surface area contributed by atoms with Gasteiger partial charge in [-0.15, -0.1) is 11.3 Å². The van der Waals surface area contributed by atoms with Crippen LogP contribution in [0.4, 0.5) is 0 Å². The van der Waals surface area contributed by atoms with Gasteiger partial charge in [0.2, 0.25) is 0 Å². The van der Waals surface area contributed by atoms with Crippen LogP contribution in [0, 0.1) is 0 Å². The molecule has 1 aliphatic heterocycles. The van der Waals surface area contributed by atoms with Crippen LogP contribution in [0.15, 0.2) is 24.3 Å². The van der Waals surface area contributed by atoms with E-state index in [1.54, 1.807) is 11.3 Å². The van der Waals surface area contributed by atoms with Gasteiger partial charge in [-0.1, -0.05) is 12.1 Å². The molecule has 5 rings (SSSR count). The summed E-state index contributed by atoms with van der Waals surface area (Å²) in [7, 11) is 0. The predicted molar refractivity (Wildman–Crippen MR) is 98.1 cm³/mol. The standard InChI is InChI=1S/C19H20N4OS/c24-19(17-13-6-3-8-14(13)21-22-17)23-10-4-5-12(11-23)18-20-15-7-1-2-9-16(15)25-18/h1-2,7,9,12H,3-6,8,10-11H2,(H,21,22)/t12-/m1/s1. The van der Waals surface area contributed by atoms with Crippen LogP contribution >= 0.6 is 11.3 Å². The van der Waals surface area contributed by atoms with Gasteiger partial charge in [0.05, 0.1) is 15.2 Å². The van der Waals surface area contributed by atoms with Crippen molar-refractivity contribution in [1.29, 1.82) is 0 Å². The van der Waals surface area contributed by atoms with E-state index in [1.807, 2.05) is 11.0 Å². The number of aryl methyl sites for hydroxylation is 1. The van der Waals surface area contributed by atoms with Crippen LogP contribution in [0.25, 0.3) is 10.2 Å². The topological polar surface area (TPSA) is 61.9 Å². The molecule has 0 radical (unpaired) electrons. The number of thiazole rings is 1. The van der Waals surface area contributed by atoms with Gasteiger partial charge in [0.1, 0.15) is 0 Å². The van der Waals surface area contributed by atoms with Gasteiger partial charge in [0.15, 0.2) is 5.69 Å². The van der Waals surface area contributed by atoms with Crippen molar-refractivity contribution in [2.24, 2.45) is 0 Å². The van der Waals surface area contributed by atoms with Crippen LogP contribution in [0.3, 0.4) is 0 Å². The van der Waals surface area contributed by atoms with Crippen molar-refractivity contribution < 1.29 is 4.79 Å². The minimum Gasteiger partial charge on any atom is -0.337 e. The van der Waals surface area contributed by atoms with Crippen molar-refractivity contribution in [3.63, 3.8) is 0 Å². The first-order valence-corrected chi connectivity index (χ1v) is 9.82. The first-order chi connectivity index (χ1) is 12.3. The molecule has 2 aromatic heterocycles. The molecule has 5 nitrogen and oxygen atoms in total. The molecule has 1 aliphatic carbocycles. The number of aromatic amines is 1. The summed E-state index contributed by atoms with van der Waals surface area (Å²) in [6.07, 6.45) is 5.24. The summed E-state index contributed by atoms with van der Waals surface area (Å²) >= 11 is 1.76. The highest BCUT2D eigenvalue weighted by molar-refractivity contribution is 7.18. The van der Waals surface area contributed by atoms with Gasteiger partial charge in [-0.25, -0.2) is 4.98 Å². The number of benzene rings is 1. The minimum atomic E-state index is 0.0882. The second kappa shape index (κ2) is 5.95. The van der Waals surface area contributed by atoms with Crippen LogP contribution in [-0.2, 0) is 12.8 Å². The van der Waals surface area contributed by atoms with Crippen molar-refractivity contribution in [2.75, 3.05) is 13.1 Å². The Morgan fingerprint density at radius 2 is 2.16 bits per heavy atom. The van der Waals surface area contributed by atoms with Crippen LogP contribution in [-0.4, -0.2) is 39.1 Å². The molecule has 1 N–H and O–H groups in total. The van der Waals surface area contributed by atoms with Gasteiger partial charge < -0.3 is 4.90 Å². The van der Waals surface area contributed by atoms with E-state index in [0.29, 0.717) is 11.6 Å². The van der Waals surface area contributed by atoms with E-state index in [-0.39, 0.29) is 5.91 Å². The fourth-order valence-corrected chi connectivity index (χ4v) is 5.17. The normalized spacial score (nSPS) is 20.2. The number of likely N-dealkylation sites (tertiary alicyclic amines) is 1. The van der Waals surface area contributed by atoms with Crippen molar-refractivity contribution >= 4 is 27.5 Å². The Morgan fingerprint density at radius 1 is 1.24 bits per heavy atom. The maximum atomic E-state index is 13.0. The van der Waals surface area contributed by atoms with E-state index in [9.17, 15) is 4.79 Å². The molecule has 1 atom stereocenters. The molecule has 0 saturated carbocycles. The van der Waals surface area contributed by atoms with E-state index in [1.165, 1.54) is 4.70 Å². The molecule has 1 amide bonds. The molecule has 6 heteroatoms. The molecule has 1 aromatic carbocycles. The summed E-state index contributed by atoms with van der Waals surface area (Å²) in [6, 6.07) is 8.27. The molecule has 0 spiro atoms. The monoisotopic (exact) mass is 352 g/mol. The fraction of sp³-hybridized carbons (Fsp3) is 0.421. The number of carbonyl (C=O) groups is 1. The summed E-state index contributed by atoms with van der Waals surface area (Å²) in [5, 5.41) is 8.53. The zero-order chi connectivity index (χ0) is 16.8. The Kier molecular flexibility index (Phi) is 3.59. The molecular formula is C19H20N4OS. The summed E-state index contributed by atoms with van der Waals surface area (Å²) in [4.78, 5) is 19.8. The number of nitrogens with zero attached hydrogens (tertiary/aromatic N) is 3. The molecule has 1 saturated heterocycles. The van der Waals surface area contributed by atoms with E-state index in [0.717, 1.165) is 67.0 Å². The van der Waals surface area contributed by atoms with E-state index < -0.39 is 0 Å². The second-order valence-corrected chi connectivity index (χ2v) is 8.06. The number of H-pyrrole nitrogens is 1. The Labute approximate surface area is 150 Å². The summed E-state index contributed by atoms with van der Waals surface area (Å²) < 4.78 is 1.23. The molecular weight excluding hydrogens is 332 g/mol. The smallest absolute Gasteiger partial charge is 0.274 e. The molecule has 3 heterocycles. The molecule has 25 heavy (non-hydrogen) atoms. The molecule has 2 aliphatic rings. The summed E-state index contributed by atoms with van der Waals surface area (Å²) in [6.45, 7) is 1.57. The lowest BCUT2D eigenvalue weighted by Gasteiger charge is -2.31. The van der Waals surface area contributed by atoms with Crippen LogP contribution in [0.5, 0.6) is 0 Å². The number of hydrogen-bond acceptors (Lipinski definition) is 4. The van der Waals surface area contributed by atoms with Gasteiger partial charge in [-0.3, -0.25) is 9.89 Å². The first kappa shape index (κ1) is 15.1. The van der Waals surface area contributed by atoms with Gasteiger partial charge in [-0.05, 0) is 44.2 Å². The highest BCUT2D eigenvalue weighted by Crippen LogP contribution is 2.34. The first-order valence-electron chi connectivity index (χ1n) is 9.00. The lowest BCUT2D eigenvalue weighted by molar-refractivity contribution is 0.0700. The minimum absolute atomic E-state index is 0.0882. The predicted octanol–water partition coefficient (Wildman–Crippen LogP) is 3.53. The summed E-state index contributed by atoms with van der Waals surface area (Å²) in [5.74, 6) is 0.423. The number of aromatic nitrogens is 3. The summed E-state index contributed by atoms with van der Waals surface area (Å²) in [5.41, 5.74) is 4.02. The average Bonchev–Trinajstić information content (AvgIpc) is 3.36. The molecule has 3 aromatic rings. The molecule has 1 fully saturated rings. The van der Waals surface area contributed by atoms with Gasteiger partial charge >= 0.3 is 0 Å². The third-order valence-electron chi connectivity index (χ3n) is 5.38. The largest absolute Gasteiger partial charge is 0.337 e. The third kappa shape index (κ3) is 2.56. The Balaban J connectivity index is 1.39. The lowest BCUT2D eigenvalue weighted by Crippen LogP contribution is -2.39. The Morgan fingerprint density at radius 3 is 3.08 bits per heavy atom. The van der Waals surface area contributed by atoms with Crippen LogP contribution in [0.2, 0.25) is 0 Å². The van der Waals surface area contributed by atoms with Crippen LogP contribution < -0.4 is 0 Å². The van der Waals surface area contributed by atoms with Crippen molar-refractivity contribution in [2.45, 2.75) is 38.0 Å². The Hall–Kier alpha value is -2.21. The quantitative estimate of drug-likeness (QED) is 0.767. The van der Waals surface area contributed by atoms with Gasteiger partial charge in [0.25, 0.3) is 5.91 Å². The number of rotatable bonds is 2. The maximum absolute atomic E-state index is 13.0. The molecule has 0 bridgehead atoms. The number of fused-ring (bicyclic) bond motifs is 2. The lowest BCUT2D eigenvalue weighted by atomic mass is 9.98. The van der Waals surface area contributed by atoms with Crippen molar-refractivity contribution in [3.8, 4) is 0 Å². The highest BCUT2D eigenvalue weighted by atomic mass is 32.1. The SMILES string of the molecule is O=C(c1n[nH]c2c1CCC2)N1CCC[C@@H](c2nc3ccccc3s2)C1. The second-order valence-electron chi connectivity index (χ2n) is 6.99. The molecule has 128 valence electrons. The molecule has 0 unspecified atom stereocenters. The van der Waals surface area contributed by atoms with Crippen LogP contribution in [0.1, 0.15) is 51.9 Å². The van der Waals surface area contributed by atoms with Gasteiger partial charge in [-0.2, -0.15) is 5.10 Å². The number of piperidine rings is 1. The number of nitrogens with one attached hydrogen (secondary N) is 1. The average molecular weight is 352 g/mol. The zero-order valence-electron chi connectivity index (χ0n) is 14.0. The van der Waals surface area contributed by atoms with Gasteiger partial charge in [0, 0.05) is 30.3 Å². The third-order valence-corrected chi connectivity index (χ3v) is 6.58. The number of amides is 1. The van der Waals surface area contributed by atoms with Crippen molar-refractivity contribution in [3.05, 3.63) is 46.2 Å². The number of carbonyl (C=O) groups excluding carboxylic acids is 1. The van der Waals surface area contributed by atoms with E-state index >= 15 is 0 Å². The Bertz CT molecular complexity index is 911. The zero-order valence-corrected chi connectivity index (χ0v) is 14.8. The maximum Gasteiger partial charge on any atom is 0.274 e. The fourth-order valence-electron chi connectivity index (χ4n) is 4.07. The van der Waals surface area contributed by atoms with E-state index in [2.05, 4.69) is 28.4 Å².